The van der Waals surface area contributed by atoms with Gasteiger partial charge in [0.25, 0.3) is 0 Å². The van der Waals surface area contributed by atoms with Crippen LogP contribution >= 0.6 is 62.3 Å². The minimum absolute atomic E-state index is 0.00848. The van der Waals surface area contributed by atoms with E-state index < -0.39 is 5.60 Å². The molecule has 1 N–H and O–H groups in total. The van der Waals surface area contributed by atoms with E-state index >= 15 is 0 Å². The first kappa shape index (κ1) is 48.8. The van der Waals surface area contributed by atoms with E-state index in [1.165, 1.54) is 0 Å². The van der Waals surface area contributed by atoms with Gasteiger partial charge in [-0.2, -0.15) is 0 Å². The first-order chi connectivity index (χ1) is 32.4. The summed E-state index contributed by atoms with van der Waals surface area (Å²) in [6.45, 7) is 14.6. The number of carbonyl (C=O) groups is 1. The van der Waals surface area contributed by atoms with Gasteiger partial charge in [0.15, 0.2) is 11.4 Å². The Morgan fingerprint density at radius 2 is 1.12 bits per heavy atom. The minimum Gasteiger partial charge on any atom is -0.384 e. The molecule has 6 aromatic rings. The summed E-state index contributed by atoms with van der Waals surface area (Å²) in [6, 6.07) is 17.4. The van der Waals surface area contributed by atoms with E-state index in [4.69, 9.17) is 78.1 Å². The highest BCUT2D eigenvalue weighted by atomic mass is 79.9. The molecule has 0 bridgehead atoms. The molecule has 0 spiro atoms. The Morgan fingerprint density at radius 1 is 0.672 bits per heavy atom. The Bertz CT molecular complexity index is 2760. The number of hydrogen-bond acceptors (Lipinski definition) is 10. The van der Waals surface area contributed by atoms with Gasteiger partial charge in [-0.3, -0.25) is 14.8 Å². The van der Waals surface area contributed by atoms with Crippen LogP contribution in [0.2, 0.25) is 20.1 Å². The number of halogens is 5. The number of rotatable bonds is 11. The van der Waals surface area contributed by atoms with Crippen molar-refractivity contribution < 1.29 is 28.4 Å². The van der Waals surface area contributed by atoms with Crippen LogP contribution in [0.3, 0.4) is 0 Å². The fourth-order valence-electron chi connectivity index (χ4n) is 8.28. The van der Waals surface area contributed by atoms with E-state index in [0.29, 0.717) is 134 Å². The molecule has 10 rings (SSSR count). The van der Waals surface area contributed by atoms with Crippen LogP contribution in [0, 0.1) is 13.1 Å². The average molecular weight is 1050 g/mol. The lowest BCUT2D eigenvalue weighted by Crippen LogP contribution is -2.35. The van der Waals surface area contributed by atoms with Crippen molar-refractivity contribution in [3.05, 3.63) is 149 Å². The Hall–Kier alpha value is -4.67. The fourth-order valence-corrected chi connectivity index (χ4v) is 9.78. The van der Waals surface area contributed by atoms with Crippen molar-refractivity contribution in [3.8, 4) is 22.5 Å². The molecule has 17 heteroatoms. The van der Waals surface area contributed by atoms with Gasteiger partial charge in [-0.1, -0.05) is 68.8 Å². The summed E-state index contributed by atoms with van der Waals surface area (Å²) in [5, 5.41) is 21.9. The third-order valence-corrected chi connectivity index (χ3v) is 14.0. The van der Waals surface area contributed by atoms with Crippen molar-refractivity contribution in [2.24, 2.45) is 0 Å². The van der Waals surface area contributed by atoms with Crippen molar-refractivity contribution in [2.45, 2.75) is 120 Å². The first-order valence-electron chi connectivity index (χ1n) is 22.1. The van der Waals surface area contributed by atoms with Crippen molar-refractivity contribution in [3.63, 3.8) is 0 Å². The summed E-state index contributed by atoms with van der Waals surface area (Å²) in [7, 11) is 0. The number of benzene rings is 2. The summed E-state index contributed by atoms with van der Waals surface area (Å²) < 4.78 is 24.5. The van der Waals surface area contributed by atoms with Crippen LogP contribution in [0.4, 0.5) is 11.4 Å². The van der Waals surface area contributed by atoms with Crippen LogP contribution in [0.15, 0.2) is 86.7 Å². The Morgan fingerprint density at radius 3 is 1.55 bits per heavy atom. The van der Waals surface area contributed by atoms with Gasteiger partial charge in [-0.05, 0) is 129 Å². The third-order valence-electron chi connectivity index (χ3n) is 12.3. The number of hydrogen-bond donors (Lipinski definition) is 1. The maximum atomic E-state index is 11.4. The van der Waals surface area contributed by atoms with Crippen LogP contribution in [0.5, 0.6) is 0 Å². The normalized spacial score (nSPS) is 19.3. The van der Waals surface area contributed by atoms with Gasteiger partial charge in [0.05, 0.1) is 69.0 Å². The molecule has 0 amide bonds. The summed E-state index contributed by atoms with van der Waals surface area (Å²) in [5.41, 5.74) is 5.12. The molecule has 4 fully saturated rings. The molecule has 67 heavy (non-hydrogen) atoms. The lowest BCUT2D eigenvalue weighted by molar-refractivity contribution is -0.123. The molecule has 0 radical (unpaired) electrons. The highest BCUT2D eigenvalue weighted by Gasteiger charge is 2.38. The summed E-state index contributed by atoms with van der Waals surface area (Å²) in [4.78, 5) is 26.2. The van der Waals surface area contributed by atoms with Gasteiger partial charge >= 0.3 is 0 Å². The number of carbonyl (C=O) groups excluding carboxylic acids is 1. The molecule has 12 nitrogen and oxygen atoms in total. The number of ketones is 1. The van der Waals surface area contributed by atoms with E-state index in [-0.39, 0.29) is 12.2 Å². The van der Waals surface area contributed by atoms with Crippen LogP contribution in [0.25, 0.3) is 32.2 Å². The highest BCUT2D eigenvalue weighted by molar-refractivity contribution is 9.10. The number of aromatic nitrogens is 4. The number of Topliss-reactive ketones (excluding diaryl/α,β-unsaturated/α-hetero) is 1. The van der Waals surface area contributed by atoms with E-state index in [9.17, 15) is 9.90 Å². The van der Waals surface area contributed by atoms with Crippen LogP contribution in [-0.2, 0) is 33.1 Å². The highest BCUT2D eigenvalue weighted by Crippen LogP contribution is 2.48. The molecular weight excluding hydrogens is 1000 g/mol. The van der Waals surface area contributed by atoms with E-state index in [2.05, 4.69) is 45.9 Å². The molecule has 346 valence electrons. The summed E-state index contributed by atoms with van der Waals surface area (Å²) in [5.74, 6) is 2.84. The molecule has 2 aromatic carbocycles. The van der Waals surface area contributed by atoms with Crippen LogP contribution in [-0.4, -0.2) is 43.4 Å². The molecule has 0 saturated heterocycles. The largest absolute Gasteiger partial charge is 0.384 e. The van der Waals surface area contributed by atoms with E-state index in [1.807, 2.05) is 6.07 Å². The van der Waals surface area contributed by atoms with Crippen molar-refractivity contribution in [2.75, 3.05) is 0 Å². The minimum atomic E-state index is -1.03. The molecular formula is C50H45BrCl4N6O6. The third kappa shape index (κ3) is 12.1. The Balaban J connectivity index is 0.000000157. The zero-order valence-electron chi connectivity index (χ0n) is 36.2. The van der Waals surface area contributed by atoms with Crippen molar-refractivity contribution in [1.29, 1.82) is 0 Å². The lowest BCUT2D eigenvalue weighted by atomic mass is 9.80. The monoisotopic (exact) mass is 1040 g/mol. The molecule has 4 saturated carbocycles. The smallest absolute Gasteiger partial charge is 0.191 e. The molecule has 4 aliphatic carbocycles. The predicted octanol–water partition coefficient (Wildman–Crippen LogP) is 14.8. The summed E-state index contributed by atoms with van der Waals surface area (Å²) in [6.07, 6.45) is 12.8. The number of ether oxygens (including phenoxy) is 2. The van der Waals surface area contributed by atoms with Gasteiger partial charge in [-0.25, -0.2) is 9.69 Å². The van der Waals surface area contributed by atoms with Gasteiger partial charge in [-0.15, -0.1) is 0 Å². The second kappa shape index (κ2) is 22.2. The number of pyridine rings is 2. The molecule has 4 heterocycles. The molecule has 0 atom stereocenters. The first-order valence-corrected chi connectivity index (χ1v) is 24.4. The fraction of sp³-hybridized carbons (Fsp3) is 0.380. The lowest BCUT2D eigenvalue weighted by Gasteiger charge is -2.35. The van der Waals surface area contributed by atoms with E-state index in [1.54, 1.807) is 67.0 Å². The quantitative estimate of drug-likeness (QED) is 0.0984. The van der Waals surface area contributed by atoms with Gasteiger partial charge in [0.2, 0.25) is 0 Å². The SMILES string of the molecule is O=C1CCC(OCc2c(-c3c(Cl)cccc3Cl)noc2C2CC2)CC1.[C-]#[N+]c1ccnc(Br)c1.[C-]#[N+]c1ccnc(C2(O)CCC(OCc3c(-c4c(Cl)cccc4Cl)noc3C3CC3)CC2)c1. The van der Waals surface area contributed by atoms with Gasteiger partial charge in [0.1, 0.15) is 34.3 Å². The van der Waals surface area contributed by atoms with E-state index in [0.717, 1.165) is 61.2 Å². The Labute approximate surface area is 417 Å². The van der Waals surface area contributed by atoms with Crippen molar-refractivity contribution in [1.82, 2.24) is 20.3 Å². The maximum absolute atomic E-state index is 11.4. The molecule has 0 aliphatic heterocycles. The topological polar surface area (TPSA) is 142 Å². The van der Waals surface area contributed by atoms with Crippen molar-refractivity contribution >= 4 is 79.5 Å². The van der Waals surface area contributed by atoms with Crippen LogP contribution < -0.4 is 0 Å². The predicted molar refractivity (Wildman–Crippen MR) is 260 cm³/mol. The zero-order valence-corrected chi connectivity index (χ0v) is 40.8. The summed E-state index contributed by atoms with van der Waals surface area (Å²) >= 11 is 28.8. The average Bonchev–Trinajstić information content (AvgIpc) is 4.28. The van der Waals surface area contributed by atoms with Gasteiger partial charge < -0.3 is 23.6 Å². The second-order valence-corrected chi connectivity index (χ2v) is 19.5. The standard InChI is InChI=1S/C25H23Cl2N3O3.C19H19Cl2NO3.C6H3BrN2/c1-28-16-9-12-29-21(13-16)25(31)10-7-17(8-11-25)32-14-18-23(30-33-24(18)15-5-6-15)22-19(26)3-2-4-20(22)27;20-15-2-1-3-16(21)17(15)18-14(19(25-22-18)11-4-5-11)10-24-13-8-6-12(23)7-9-13;1-8-5-2-3-9-6(7)4-5/h2-4,9,12-13,15,17,31H,5-8,10-11,14H2;1-3,11,13H,4-10H2;2-4H. The number of aliphatic hydroxyl groups is 1. The maximum Gasteiger partial charge on any atom is 0.191 e. The Kier molecular flexibility index (Phi) is 16.1. The molecule has 0 unspecified atom stereocenters. The second-order valence-electron chi connectivity index (χ2n) is 17.0. The molecule has 4 aromatic heterocycles. The van der Waals surface area contributed by atoms with Gasteiger partial charge in [0, 0.05) is 59.3 Å². The molecule has 4 aliphatic rings. The van der Waals surface area contributed by atoms with Crippen LogP contribution in [0.1, 0.15) is 117 Å². The number of nitrogens with zero attached hydrogens (tertiary/aromatic N) is 6. The zero-order chi connectivity index (χ0) is 47.1.